The van der Waals surface area contributed by atoms with Gasteiger partial charge in [-0.2, -0.15) is 5.26 Å². The Hall–Kier alpha value is -1.60. The van der Waals surface area contributed by atoms with Gasteiger partial charge in [0.05, 0.1) is 17.7 Å². The molecule has 2 N–H and O–H groups in total. The zero-order chi connectivity index (χ0) is 13.9. The van der Waals surface area contributed by atoms with Crippen LogP contribution in [0.4, 0.5) is 5.82 Å². The number of hydrogen-bond acceptors (Lipinski definition) is 4. The van der Waals surface area contributed by atoms with Crippen molar-refractivity contribution in [2.75, 3.05) is 11.9 Å². The van der Waals surface area contributed by atoms with E-state index in [1.807, 2.05) is 13.0 Å². The molecule has 4 nitrogen and oxygen atoms in total. The summed E-state index contributed by atoms with van der Waals surface area (Å²) in [5.74, 6) is 1.31. The molecule has 1 aliphatic carbocycles. The first-order valence-corrected chi connectivity index (χ1v) is 6.85. The minimum atomic E-state index is -0.321. The Morgan fingerprint density at radius 3 is 2.74 bits per heavy atom. The smallest absolute Gasteiger partial charge is 0.144 e. The summed E-state index contributed by atoms with van der Waals surface area (Å²) in [5.41, 5.74) is 1.09. The van der Waals surface area contributed by atoms with E-state index in [4.69, 9.17) is 5.26 Å². The van der Waals surface area contributed by atoms with Gasteiger partial charge in [-0.25, -0.2) is 4.98 Å². The zero-order valence-electron chi connectivity index (χ0n) is 11.6. The molecule has 0 saturated heterocycles. The normalized spacial score (nSPS) is 26.7. The summed E-state index contributed by atoms with van der Waals surface area (Å²) in [4.78, 5) is 4.41. The van der Waals surface area contributed by atoms with E-state index < -0.39 is 0 Å². The summed E-state index contributed by atoms with van der Waals surface area (Å²) in [5, 5.41) is 22.2. The van der Waals surface area contributed by atoms with Crippen LogP contribution in [0.25, 0.3) is 0 Å². The van der Waals surface area contributed by atoms with Gasteiger partial charge in [-0.15, -0.1) is 0 Å². The molecule has 2 rings (SSSR count). The van der Waals surface area contributed by atoms with Crippen molar-refractivity contribution in [3.8, 4) is 6.07 Å². The third kappa shape index (κ3) is 3.05. The molecule has 1 saturated carbocycles. The fourth-order valence-electron chi connectivity index (χ4n) is 2.63. The molecule has 1 aliphatic rings. The van der Waals surface area contributed by atoms with Gasteiger partial charge in [-0.3, -0.25) is 0 Å². The first-order chi connectivity index (χ1) is 9.08. The van der Waals surface area contributed by atoms with E-state index in [1.165, 1.54) is 0 Å². The van der Waals surface area contributed by atoms with Crippen LogP contribution < -0.4 is 5.32 Å². The lowest BCUT2D eigenvalue weighted by Gasteiger charge is -2.39. The van der Waals surface area contributed by atoms with Gasteiger partial charge in [0.25, 0.3) is 0 Å². The molecule has 1 aromatic heterocycles. The van der Waals surface area contributed by atoms with Crippen molar-refractivity contribution in [3.05, 3.63) is 23.4 Å². The number of aliphatic hydroxyl groups is 1. The van der Waals surface area contributed by atoms with Gasteiger partial charge in [0, 0.05) is 5.69 Å². The standard InChI is InChI=1S/C15H21N3O/c1-11-5-7-15(10-19,8-6-11)18-14-13(9-16)4-3-12(2)17-14/h3-4,11,19H,5-8,10H2,1-2H3,(H,17,18). The largest absolute Gasteiger partial charge is 0.394 e. The first kappa shape index (κ1) is 13.8. The Labute approximate surface area is 114 Å². The minimum Gasteiger partial charge on any atom is -0.394 e. The average molecular weight is 259 g/mol. The van der Waals surface area contributed by atoms with Crippen LogP contribution in [0.2, 0.25) is 0 Å². The van der Waals surface area contributed by atoms with Crippen molar-refractivity contribution < 1.29 is 5.11 Å². The molecule has 0 bridgehead atoms. The number of nitriles is 1. The number of aliphatic hydroxyl groups excluding tert-OH is 1. The number of rotatable bonds is 3. The SMILES string of the molecule is Cc1ccc(C#N)c(NC2(CO)CCC(C)CC2)n1. The van der Waals surface area contributed by atoms with E-state index in [1.54, 1.807) is 6.07 Å². The van der Waals surface area contributed by atoms with Gasteiger partial charge in [0.2, 0.25) is 0 Å². The van der Waals surface area contributed by atoms with Crippen LogP contribution in [0.3, 0.4) is 0 Å². The second kappa shape index (κ2) is 5.58. The number of pyridine rings is 1. The second-order valence-electron chi connectivity index (χ2n) is 5.71. The van der Waals surface area contributed by atoms with E-state index in [9.17, 15) is 5.11 Å². The predicted octanol–water partition coefficient (Wildman–Crippen LogP) is 2.61. The van der Waals surface area contributed by atoms with Crippen molar-refractivity contribution in [3.63, 3.8) is 0 Å². The fraction of sp³-hybridized carbons (Fsp3) is 0.600. The molecule has 4 heteroatoms. The molecule has 102 valence electrons. The van der Waals surface area contributed by atoms with Crippen LogP contribution in [0.1, 0.15) is 43.9 Å². The predicted molar refractivity (Wildman–Crippen MR) is 74.8 cm³/mol. The average Bonchev–Trinajstić information content (AvgIpc) is 2.42. The molecular formula is C15H21N3O. The Balaban J connectivity index is 2.23. The van der Waals surface area contributed by atoms with Gasteiger partial charge in [0.15, 0.2) is 0 Å². The highest BCUT2D eigenvalue weighted by Gasteiger charge is 2.34. The van der Waals surface area contributed by atoms with E-state index in [2.05, 4.69) is 23.3 Å². The Bertz CT molecular complexity index is 485. The van der Waals surface area contributed by atoms with Crippen LogP contribution >= 0.6 is 0 Å². The van der Waals surface area contributed by atoms with Crippen molar-refractivity contribution in [1.29, 1.82) is 5.26 Å². The van der Waals surface area contributed by atoms with E-state index in [-0.39, 0.29) is 12.1 Å². The van der Waals surface area contributed by atoms with Crippen molar-refractivity contribution in [2.24, 2.45) is 5.92 Å². The molecule has 0 aliphatic heterocycles. The third-order valence-corrected chi connectivity index (χ3v) is 4.07. The molecule has 0 radical (unpaired) electrons. The molecule has 1 heterocycles. The maximum atomic E-state index is 9.75. The summed E-state index contributed by atoms with van der Waals surface area (Å²) in [6, 6.07) is 5.77. The van der Waals surface area contributed by atoms with Gasteiger partial charge >= 0.3 is 0 Å². The Kier molecular flexibility index (Phi) is 4.06. The number of hydrogen-bond donors (Lipinski definition) is 2. The Morgan fingerprint density at radius 1 is 1.47 bits per heavy atom. The highest BCUT2D eigenvalue weighted by Crippen LogP contribution is 2.34. The highest BCUT2D eigenvalue weighted by molar-refractivity contribution is 5.53. The van der Waals surface area contributed by atoms with Crippen LogP contribution in [0.5, 0.6) is 0 Å². The van der Waals surface area contributed by atoms with Gasteiger partial charge < -0.3 is 10.4 Å². The van der Waals surface area contributed by atoms with Gasteiger partial charge in [-0.1, -0.05) is 6.92 Å². The summed E-state index contributed by atoms with van der Waals surface area (Å²) in [6.07, 6.45) is 4.04. The molecule has 0 spiro atoms. The molecule has 1 fully saturated rings. The molecule has 0 aromatic carbocycles. The minimum absolute atomic E-state index is 0.0835. The van der Waals surface area contributed by atoms with E-state index >= 15 is 0 Å². The molecule has 19 heavy (non-hydrogen) atoms. The quantitative estimate of drug-likeness (QED) is 0.875. The lowest BCUT2D eigenvalue weighted by atomic mass is 9.77. The monoisotopic (exact) mass is 259 g/mol. The van der Waals surface area contributed by atoms with Crippen molar-refractivity contribution in [2.45, 2.75) is 45.1 Å². The van der Waals surface area contributed by atoms with Crippen LogP contribution in [-0.2, 0) is 0 Å². The van der Waals surface area contributed by atoms with Crippen LogP contribution in [0, 0.1) is 24.2 Å². The lowest BCUT2D eigenvalue weighted by molar-refractivity contribution is 0.155. The molecule has 0 amide bonds. The maximum Gasteiger partial charge on any atom is 0.144 e. The lowest BCUT2D eigenvalue weighted by Crippen LogP contribution is -2.45. The Morgan fingerprint density at radius 2 is 2.16 bits per heavy atom. The molecule has 0 atom stereocenters. The third-order valence-electron chi connectivity index (χ3n) is 4.07. The topological polar surface area (TPSA) is 68.9 Å². The van der Waals surface area contributed by atoms with Crippen LogP contribution in [0.15, 0.2) is 12.1 Å². The number of aromatic nitrogens is 1. The molecule has 0 unspecified atom stereocenters. The van der Waals surface area contributed by atoms with Gasteiger partial charge in [-0.05, 0) is 50.7 Å². The summed E-state index contributed by atoms with van der Waals surface area (Å²) in [7, 11) is 0. The summed E-state index contributed by atoms with van der Waals surface area (Å²) in [6.45, 7) is 4.23. The highest BCUT2D eigenvalue weighted by atomic mass is 16.3. The fourth-order valence-corrected chi connectivity index (χ4v) is 2.63. The first-order valence-electron chi connectivity index (χ1n) is 6.85. The molecule has 1 aromatic rings. The number of nitrogens with one attached hydrogen (secondary N) is 1. The zero-order valence-corrected chi connectivity index (χ0v) is 11.6. The van der Waals surface area contributed by atoms with Crippen molar-refractivity contribution >= 4 is 5.82 Å². The van der Waals surface area contributed by atoms with Gasteiger partial charge in [0.1, 0.15) is 11.9 Å². The number of aryl methyl sites for hydroxylation is 1. The maximum absolute atomic E-state index is 9.75. The van der Waals surface area contributed by atoms with Crippen molar-refractivity contribution in [1.82, 2.24) is 4.98 Å². The van der Waals surface area contributed by atoms with E-state index in [0.717, 1.165) is 31.4 Å². The van der Waals surface area contributed by atoms with E-state index in [0.29, 0.717) is 17.3 Å². The summed E-state index contributed by atoms with van der Waals surface area (Å²) >= 11 is 0. The van der Waals surface area contributed by atoms with Crippen LogP contribution in [-0.4, -0.2) is 22.2 Å². The number of nitrogens with zero attached hydrogens (tertiary/aromatic N) is 2. The number of anilines is 1. The summed E-state index contributed by atoms with van der Waals surface area (Å²) < 4.78 is 0. The second-order valence-corrected chi connectivity index (χ2v) is 5.71. The molecular weight excluding hydrogens is 238 g/mol.